The molecule has 3 aromatic carbocycles. The van der Waals surface area contributed by atoms with Gasteiger partial charge in [0.2, 0.25) is 0 Å². The summed E-state index contributed by atoms with van der Waals surface area (Å²) in [5.74, 6) is -3.29. The zero-order chi connectivity index (χ0) is 19.3. The molecule has 2 N–H and O–H groups in total. The van der Waals surface area contributed by atoms with Crippen LogP contribution in [0.1, 0.15) is 0 Å². The number of aromatic nitrogens is 2. The third-order valence-corrected chi connectivity index (χ3v) is 4.76. The number of rotatable bonds is 2. The van der Waals surface area contributed by atoms with Crippen LogP contribution >= 0.6 is 23.2 Å². The Morgan fingerprint density at radius 2 is 1.63 bits per heavy atom. The molecule has 0 spiro atoms. The Morgan fingerprint density at radius 3 is 2.33 bits per heavy atom. The third-order valence-electron chi connectivity index (χ3n) is 4.14. The Morgan fingerprint density at radius 1 is 0.889 bits per heavy atom. The fraction of sp³-hybridized carbons (Fsp3) is 0. The summed E-state index contributed by atoms with van der Waals surface area (Å²) in [5, 5.41) is 24.6. The number of halogens is 4. The molecule has 0 amide bonds. The molecule has 4 nitrogen and oxygen atoms in total. The Kier molecular flexibility index (Phi) is 4.17. The molecular weight excluding hydrogens is 397 g/mol. The summed E-state index contributed by atoms with van der Waals surface area (Å²) in [4.78, 5) is 0. The maximum absolute atomic E-state index is 13.6. The second kappa shape index (κ2) is 6.40. The number of aromatic hydroxyl groups is 2. The summed E-state index contributed by atoms with van der Waals surface area (Å²) in [5.41, 5.74) is 1.93. The second-order valence-electron chi connectivity index (χ2n) is 5.87. The molecule has 0 aliphatic carbocycles. The van der Waals surface area contributed by atoms with Crippen molar-refractivity contribution in [2.24, 2.45) is 0 Å². The third kappa shape index (κ3) is 2.97. The Bertz CT molecular complexity index is 1190. The molecule has 0 aliphatic rings. The van der Waals surface area contributed by atoms with Gasteiger partial charge in [0.15, 0.2) is 17.4 Å². The molecule has 0 radical (unpaired) electrons. The first kappa shape index (κ1) is 17.6. The predicted octanol–water partition coefficient (Wildman–Crippen LogP) is 5.69. The van der Waals surface area contributed by atoms with Crippen molar-refractivity contribution in [3.05, 3.63) is 70.3 Å². The fourth-order valence-electron chi connectivity index (χ4n) is 2.87. The van der Waals surface area contributed by atoms with E-state index in [-0.39, 0.29) is 11.4 Å². The lowest BCUT2D eigenvalue weighted by molar-refractivity contribution is 0.406. The maximum Gasteiger partial charge on any atom is 0.200 e. The first-order valence-corrected chi connectivity index (χ1v) is 8.45. The lowest BCUT2D eigenvalue weighted by Gasteiger charge is -2.10. The van der Waals surface area contributed by atoms with Gasteiger partial charge < -0.3 is 10.2 Å². The average Bonchev–Trinajstić information content (AvgIpc) is 3.01. The molecule has 136 valence electrons. The Balaban J connectivity index is 1.90. The zero-order valence-corrected chi connectivity index (χ0v) is 14.9. The van der Waals surface area contributed by atoms with Crippen LogP contribution in [0.15, 0.2) is 48.7 Å². The molecule has 4 aromatic rings. The Labute approximate surface area is 161 Å². The van der Waals surface area contributed by atoms with Crippen LogP contribution in [0.2, 0.25) is 10.0 Å². The number of hydrogen-bond donors (Lipinski definition) is 2. The molecule has 0 fully saturated rings. The van der Waals surface area contributed by atoms with Crippen LogP contribution in [-0.4, -0.2) is 20.0 Å². The van der Waals surface area contributed by atoms with Crippen LogP contribution in [0, 0.1) is 11.6 Å². The SMILES string of the molecule is Oc1ccc(-c2cc3cnn(-c4cc(O)c(F)c(F)c4)c3cc2Cl)c(Cl)c1. The van der Waals surface area contributed by atoms with Crippen LogP contribution in [0.5, 0.6) is 11.5 Å². The lowest BCUT2D eigenvalue weighted by Crippen LogP contribution is -1.98. The number of phenols is 2. The van der Waals surface area contributed by atoms with E-state index in [1.54, 1.807) is 18.2 Å². The predicted molar refractivity (Wildman–Crippen MR) is 99.8 cm³/mol. The summed E-state index contributed by atoms with van der Waals surface area (Å²) >= 11 is 12.6. The average molecular weight is 407 g/mol. The molecule has 8 heteroatoms. The summed E-state index contributed by atoms with van der Waals surface area (Å²) in [6.45, 7) is 0. The quantitative estimate of drug-likeness (QED) is 0.449. The van der Waals surface area contributed by atoms with Crippen molar-refractivity contribution in [1.29, 1.82) is 0 Å². The van der Waals surface area contributed by atoms with Gasteiger partial charge in [-0.1, -0.05) is 23.2 Å². The molecule has 0 unspecified atom stereocenters. The van der Waals surface area contributed by atoms with Gasteiger partial charge in [-0.25, -0.2) is 9.07 Å². The summed E-state index contributed by atoms with van der Waals surface area (Å²) < 4.78 is 28.3. The minimum atomic E-state index is -1.32. The minimum Gasteiger partial charge on any atom is -0.508 e. The fourth-order valence-corrected chi connectivity index (χ4v) is 3.40. The van der Waals surface area contributed by atoms with Crippen molar-refractivity contribution in [2.75, 3.05) is 0 Å². The summed E-state index contributed by atoms with van der Waals surface area (Å²) in [6, 6.07) is 9.91. The highest BCUT2D eigenvalue weighted by atomic mass is 35.5. The number of phenolic OH excluding ortho intramolecular Hbond substituents is 2. The standard InChI is InChI=1S/C19H10Cl2F2N2O2/c20-14-6-11(26)1-2-12(14)13-3-9-8-24-25(17(9)7-15(13)21)10-4-16(22)19(23)18(27)5-10/h1-8,26-27H. The summed E-state index contributed by atoms with van der Waals surface area (Å²) in [6.07, 6.45) is 1.53. The first-order chi connectivity index (χ1) is 12.8. The highest BCUT2D eigenvalue weighted by Crippen LogP contribution is 2.38. The molecule has 0 saturated carbocycles. The van der Waals surface area contributed by atoms with Crippen LogP contribution in [0.4, 0.5) is 8.78 Å². The van der Waals surface area contributed by atoms with Crippen molar-refractivity contribution in [2.45, 2.75) is 0 Å². The van der Waals surface area contributed by atoms with Crippen molar-refractivity contribution in [3.63, 3.8) is 0 Å². The van der Waals surface area contributed by atoms with Gasteiger partial charge >= 0.3 is 0 Å². The van der Waals surface area contributed by atoms with E-state index >= 15 is 0 Å². The van der Waals surface area contributed by atoms with Gasteiger partial charge in [0.25, 0.3) is 0 Å². The van der Waals surface area contributed by atoms with Crippen molar-refractivity contribution in [3.8, 4) is 28.3 Å². The molecule has 1 aromatic heterocycles. The van der Waals surface area contributed by atoms with Crippen LogP contribution in [0.3, 0.4) is 0 Å². The van der Waals surface area contributed by atoms with Gasteiger partial charge in [-0.05, 0) is 30.3 Å². The van der Waals surface area contributed by atoms with Crippen molar-refractivity contribution < 1.29 is 19.0 Å². The van der Waals surface area contributed by atoms with Crippen molar-refractivity contribution in [1.82, 2.24) is 9.78 Å². The van der Waals surface area contributed by atoms with E-state index < -0.39 is 17.4 Å². The van der Waals surface area contributed by atoms with Crippen molar-refractivity contribution >= 4 is 34.1 Å². The van der Waals surface area contributed by atoms with Gasteiger partial charge in [-0.3, -0.25) is 0 Å². The lowest BCUT2D eigenvalue weighted by atomic mass is 10.0. The van der Waals surface area contributed by atoms with E-state index in [2.05, 4.69) is 5.10 Å². The smallest absolute Gasteiger partial charge is 0.200 e. The molecular formula is C19H10Cl2F2N2O2. The zero-order valence-electron chi connectivity index (χ0n) is 13.4. The molecule has 0 aliphatic heterocycles. The molecule has 4 rings (SSSR count). The van der Waals surface area contributed by atoms with E-state index in [0.717, 1.165) is 12.1 Å². The number of hydrogen-bond acceptors (Lipinski definition) is 3. The topological polar surface area (TPSA) is 58.3 Å². The summed E-state index contributed by atoms with van der Waals surface area (Å²) in [7, 11) is 0. The minimum absolute atomic E-state index is 0.0342. The Hall–Kier alpha value is -2.83. The monoisotopic (exact) mass is 406 g/mol. The number of benzene rings is 3. The van der Waals surface area contributed by atoms with E-state index in [4.69, 9.17) is 23.2 Å². The van der Waals surface area contributed by atoms with Gasteiger partial charge in [0.05, 0.1) is 27.4 Å². The van der Waals surface area contributed by atoms with Crippen LogP contribution in [0.25, 0.3) is 27.7 Å². The number of fused-ring (bicyclic) bond motifs is 1. The normalized spacial score (nSPS) is 11.3. The van der Waals surface area contributed by atoms with Gasteiger partial charge in [0.1, 0.15) is 5.75 Å². The molecule has 27 heavy (non-hydrogen) atoms. The molecule has 0 saturated heterocycles. The van der Waals surface area contributed by atoms with Gasteiger partial charge in [0, 0.05) is 28.6 Å². The van der Waals surface area contributed by atoms with E-state index in [0.29, 0.717) is 32.1 Å². The highest BCUT2D eigenvalue weighted by molar-refractivity contribution is 6.37. The maximum atomic E-state index is 13.6. The molecule has 0 bridgehead atoms. The van der Waals surface area contributed by atoms with Crippen LogP contribution in [-0.2, 0) is 0 Å². The molecule has 1 heterocycles. The van der Waals surface area contributed by atoms with E-state index in [1.165, 1.54) is 23.0 Å². The van der Waals surface area contributed by atoms with Gasteiger partial charge in [-0.2, -0.15) is 9.49 Å². The molecule has 0 atom stereocenters. The highest BCUT2D eigenvalue weighted by Gasteiger charge is 2.16. The van der Waals surface area contributed by atoms with Gasteiger partial charge in [-0.15, -0.1) is 0 Å². The van der Waals surface area contributed by atoms with E-state index in [1.807, 2.05) is 0 Å². The second-order valence-corrected chi connectivity index (χ2v) is 6.69. The largest absolute Gasteiger partial charge is 0.508 e. The van der Waals surface area contributed by atoms with E-state index in [9.17, 15) is 19.0 Å². The number of nitrogens with zero attached hydrogens (tertiary/aromatic N) is 2. The first-order valence-electron chi connectivity index (χ1n) is 7.69. The van der Waals surface area contributed by atoms with Crippen LogP contribution < -0.4 is 0 Å².